The minimum absolute atomic E-state index is 0.0238. The molecule has 2 aromatic rings. The molecule has 5 nitrogen and oxygen atoms in total. The van der Waals surface area contributed by atoms with Gasteiger partial charge >= 0.3 is 0 Å². The molecule has 2 N–H and O–H groups in total. The van der Waals surface area contributed by atoms with Gasteiger partial charge in [0.05, 0.1) is 23.2 Å². The molecule has 2 unspecified atom stereocenters. The lowest BCUT2D eigenvalue weighted by Gasteiger charge is -2.16. The molecular weight excluding hydrogens is 314 g/mol. The molecule has 0 aliphatic carbocycles. The van der Waals surface area contributed by atoms with Crippen LogP contribution in [0, 0.1) is 0 Å². The van der Waals surface area contributed by atoms with Crippen molar-refractivity contribution in [3.05, 3.63) is 60.2 Å². The number of amides is 1. The lowest BCUT2D eigenvalue weighted by Crippen LogP contribution is -2.28. The van der Waals surface area contributed by atoms with Crippen molar-refractivity contribution in [1.29, 1.82) is 0 Å². The molecule has 0 bridgehead atoms. The van der Waals surface area contributed by atoms with Gasteiger partial charge < -0.3 is 4.74 Å². The molecule has 0 aromatic heterocycles. The SMILES string of the molecule is COc1ccc(S(=O)C(CC(=O)NO)Cc2ccccc2)cc1. The van der Waals surface area contributed by atoms with Gasteiger partial charge in [0.15, 0.2) is 0 Å². The molecule has 2 aromatic carbocycles. The van der Waals surface area contributed by atoms with Crippen LogP contribution in [-0.2, 0) is 22.0 Å². The van der Waals surface area contributed by atoms with Crippen LogP contribution in [0.3, 0.4) is 0 Å². The Kier molecular flexibility index (Phi) is 6.31. The normalized spacial score (nSPS) is 13.1. The van der Waals surface area contributed by atoms with E-state index in [1.165, 1.54) is 0 Å². The van der Waals surface area contributed by atoms with Crippen LogP contribution < -0.4 is 10.2 Å². The van der Waals surface area contributed by atoms with Gasteiger partial charge in [0, 0.05) is 11.3 Å². The second-order valence-electron chi connectivity index (χ2n) is 5.02. The van der Waals surface area contributed by atoms with Crippen molar-refractivity contribution in [2.24, 2.45) is 0 Å². The highest BCUT2D eigenvalue weighted by molar-refractivity contribution is 7.85. The number of ether oxygens (including phenoxy) is 1. The number of rotatable bonds is 7. The molecule has 23 heavy (non-hydrogen) atoms. The zero-order chi connectivity index (χ0) is 16.7. The zero-order valence-corrected chi connectivity index (χ0v) is 13.6. The number of benzene rings is 2. The van der Waals surface area contributed by atoms with E-state index >= 15 is 0 Å². The van der Waals surface area contributed by atoms with E-state index < -0.39 is 22.0 Å². The van der Waals surface area contributed by atoms with Crippen LogP contribution in [0.5, 0.6) is 5.75 Å². The predicted octanol–water partition coefficient (Wildman–Crippen LogP) is 2.31. The van der Waals surface area contributed by atoms with E-state index in [4.69, 9.17) is 9.94 Å². The second-order valence-corrected chi connectivity index (χ2v) is 6.76. The third kappa shape index (κ3) is 4.91. The maximum atomic E-state index is 12.8. The summed E-state index contributed by atoms with van der Waals surface area (Å²) < 4.78 is 17.9. The highest BCUT2D eigenvalue weighted by Crippen LogP contribution is 2.20. The zero-order valence-electron chi connectivity index (χ0n) is 12.8. The second kappa shape index (κ2) is 8.45. The topological polar surface area (TPSA) is 75.6 Å². The minimum atomic E-state index is -1.38. The number of carbonyl (C=O) groups excluding carboxylic acids is 1. The Bertz CT molecular complexity index is 658. The van der Waals surface area contributed by atoms with Gasteiger partial charge in [-0.1, -0.05) is 30.3 Å². The molecular formula is C17H19NO4S. The number of hydroxylamine groups is 1. The number of hydrogen-bond donors (Lipinski definition) is 2. The summed E-state index contributed by atoms with van der Waals surface area (Å²) in [6, 6.07) is 16.5. The maximum Gasteiger partial charge on any atom is 0.244 e. The summed E-state index contributed by atoms with van der Waals surface area (Å²) in [5.41, 5.74) is 2.60. The lowest BCUT2D eigenvalue weighted by molar-refractivity contribution is -0.129. The molecule has 0 aliphatic rings. The Morgan fingerprint density at radius 3 is 2.39 bits per heavy atom. The quantitative estimate of drug-likeness (QED) is 0.602. The van der Waals surface area contributed by atoms with E-state index in [9.17, 15) is 9.00 Å². The molecule has 0 spiro atoms. The van der Waals surface area contributed by atoms with Crippen molar-refractivity contribution >= 4 is 16.7 Å². The first-order chi connectivity index (χ1) is 11.1. The van der Waals surface area contributed by atoms with Crippen molar-refractivity contribution < 1.29 is 18.9 Å². The van der Waals surface area contributed by atoms with Crippen LogP contribution in [0.1, 0.15) is 12.0 Å². The van der Waals surface area contributed by atoms with E-state index in [-0.39, 0.29) is 6.42 Å². The third-order valence-electron chi connectivity index (χ3n) is 3.44. The van der Waals surface area contributed by atoms with E-state index in [0.717, 1.165) is 5.56 Å². The van der Waals surface area contributed by atoms with Gasteiger partial charge in [-0.2, -0.15) is 0 Å². The first kappa shape index (κ1) is 17.2. The summed E-state index contributed by atoms with van der Waals surface area (Å²) in [4.78, 5) is 12.2. The minimum Gasteiger partial charge on any atom is -0.497 e. The van der Waals surface area contributed by atoms with Crippen LogP contribution in [0.4, 0.5) is 0 Å². The first-order valence-electron chi connectivity index (χ1n) is 7.15. The van der Waals surface area contributed by atoms with Crippen LogP contribution in [0.25, 0.3) is 0 Å². The fourth-order valence-electron chi connectivity index (χ4n) is 2.26. The van der Waals surface area contributed by atoms with E-state index in [0.29, 0.717) is 17.1 Å². The molecule has 0 aliphatic heterocycles. The van der Waals surface area contributed by atoms with Gasteiger partial charge in [0.2, 0.25) is 5.91 Å². The maximum absolute atomic E-state index is 12.8. The van der Waals surface area contributed by atoms with Crippen molar-refractivity contribution in [2.45, 2.75) is 23.0 Å². The summed E-state index contributed by atoms with van der Waals surface area (Å²) in [6.07, 6.45) is 0.455. The Morgan fingerprint density at radius 1 is 1.17 bits per heavy atom. The molecule has 0 radical (unpaired) electrons. The molecule has 6 heteroatoms. The fourth-order valence-corrected chi connectivity index (χ4v) is 3.69. The van der Waals surface area contributed by atoms with E-state index in [2.05, 4.69) is 0 Å². The molecule has 0 heterocycles. The Hall–Kier alpha value is -2.18. The largest absolute Gasteiger partial charge is 0.497 e. The molecule has 0 saturated carbocycles. The summed E-state index contributed by atoms with van der Waals surface area (Å²) in [6.45, 7) is 0. The van der Waals surface area contributed by atoms with Crippen molar-refractivity contribution in [3.63, 3.8) is 0 Å². The number of carbonyl (C=O) groups is 1. The van der Waals surface area contributed by atoms with Crippen LogP contribution in [-0.4, -0.2) is 27.7 Å². The van der Waals surface area contributed by atoms with Crippen molar-refractivity contribution in [3.8, 4) is 5.75 Å². The molecule has 0 saturated heterocycles. The molecule has 2 rings (SSSR count). The van der Waals surface area contributed by atoms with Gasteiger partial charge in [-0.05, 0) is 36.2 Å². The Balaban J connectivity index is 2.20. The summed E-state index contributed by atoms with van der Waals surface area (Å²) >= 11 is 0. The smallest absolute Gasteiger partial charge is 0.244 e. The molecule has 0 fully saturated rings. The monoisotopic (exact) mass is 333 g/mol. The highest BCUT2D eigenvalue weighted by atomic mass is 32.2. The van der Waals surface area contributed by atoms with E-state index in [1.54, 1.807) is 36.9 Å². The fraction of sp³-hybridized carbons (Fsp3) is 0.235. The number of methoxy groups -OCH3 is 1. The van der Waals surface area contributed by atoms with E-state index in [1.807, 2.05) is 30.3 Å². The van der Waals surface area contributed by atoms with Gasteiger partial charge in [-0.3, -0.25) is 14.2 Å². The number of hydrogen-bond acceptors (Lipinski definition) is 4. The Morgan fingerprint density at radius 2 is 1.83 bits per heavy atom. The van der Waals surface area contributed by atoms with Crippen molar-refractivity contribution in [1.82, 2.24) is 5.48 Å². The lowest BCUT2D eigenvalue weighted by atomic mass is 10.1. The highest BCUT2D eigenvalue weighted by Gasteiger charge is 2.22. The van der Waals surface area contributed by atoms with Crippen LogP contribution in [0.15, 0.2) is 59.5 Å². The Labute approximate surface area is 137 Å². The third-order valence-corrected chi connectivity index (χ3v) is 5.11. The van der Waals surface area contributed by atoms with Crippen LogP contribution in [0.2, 0.25) is 0 Å². The molecule has 122 valence electrons. The van der Waals surface area contributed by atoms with Gasteiger partial charge in [-0.15, -0.1) is 0 Å². The summed E-state index contributed by atoms with van der Waals surface area (Å²) in [7, 11) is 0.184. The standard InChI is InChI=1S/C17H19NO4S/c1-22-14-7-9-15(10-8-14)23(21)16(12-17(19)18-20)11-13-5-3-2-4-6-13/h2-10,16,20H,11-12H2,1H3,(H,18,19). The van der Waals surface area contributed by atoms with Crippen molar-refractivity contribution in [2.75, 3.05) is 7.11 Å². The van der Waals surface area contributed by atoms with Gasteiger partial charge in [-0.25, -0.2) is 5.48 Å². The molecule has 1 amide bonds. The first-order valence-corrected chi connectivity index (χ1v) is 8.37. The predicted molar refractivity (Wildman–Crippen MR) is 87.9 cm³/mol. The van der Waals surface area contributed by atoms with Crippen LogP contribution >= 0.6 is 0 Å². The number of nitrogens with one attached hydrogen (secondary N) is 1. The molecule has 2 atom stereocenters. The van der Waals surface area contributed by atoms with Gasteiger partial charge in [0.25, 0.3) is 0 Å². The summed E-state index contributed by atoms with van der Waals surface area (Å²) in [5.74, 6) is 0.131. The van der Waals surface area contributed by atoms with Gasteiger partial charge in [0.1, 0.15) is 5.75 Å². The average molecular weight is 333 g/mol. The summed E-state index contributed by atoms with van der Waals surface area (Å²) in [5, 5.41) is 8.32. The average Bonchev–Trinajstić information content (AvgIpc) is 2.61.